The molecule has 1 heterocycles. The monoisotopic (exact) mass is 290 g/mol. The lowest BCUT2D eigenvalue weighted by Gasteiger charge is -2.08. The van der Waals surface area contributed by atoms with E-state index >= 15 is 0 Å². The van der Waals surface area contributed by atoms with Crippen LogP contribution in [0.15, 0.2) is 24.3 Å². The molecule has 0 atom stereocenters. The summed E-state index contributed by atoms with van der Waals surface area (Å²) in [5.41, 5.74) is 5.62. The molecule has 0 fully saturated rings. The third-order valence-electron chi connectivity index (χ3n) is 2.37. The van der Waals surface area contributed by atoms with Crippen molar-refractivity contribution in [1.29, 1.82) is 0 Å². The number of rotatable bonds is 7. The molecular formula is C14H18N4O3. The van der Waals surface area contributed by atoms with Crippen LogP contribution in [-0.2, 0) is 0 Å². The van der Waals surface area contributed by atoms with Gasteiger partial charge in [0.2, 0.25) is 5.95 Å². The minimum Gasteiger partial charge on any atom is -0.494 e. The van der Waals surface area contributed by atoms with E-state index in [9.17, 15) is 0 Å². The van der Waals surface area contributed by atoms with Gasteiger partial charge in [-0.25, -0.2) is 0 Å². The van der Waals surface area contributed by atoms with Gasteiger partial charge < -0.3 is 19.9 Å². The van der Waals surface area contributed by atoms with Crippen molar-refractivity contribution in [1.82, 2.24) is 15.0 Å². The van der Waals surface area contributed by atoms with Gasteiger partial charge >= 0.3 is 12.0 Å². The predicted molar refractivity (Wildman–Crippen MR) is 77.7 cm³/mol. The van der Waals surface area contributed by atoms with E-state index in [1.807, 2.05) is 26.0 Å². The quantitative estimate of drug-likeness (QED) is 0.837. The number of nitrogens with zero attached hydrogens (tertiary/aromatic N) is 3. The summed E-state index contributed by atoms with van der Waals surface area (Å²) in [4.78, 5) is 11.9. The first kappa shape index (κ1) is 14.8. The zero-order valence-corrected chi connectivity index (χ0v) is 12.1. The molecule has 0 unspecified atom stereocenters. The Morgan fingerprint density at radius 1 is 1.00 bits per heavy atom. The van der Waals surface area contributed by atoms with Crippen LogP contribution in [0.3, 0.4) is 0 Å². The summed E-state index contributed by atoms with van der Waals surface area (Å²) in [5.74, 6) is 1.31. The highest BCUT2D eigenvalue weighted by Gasteiger charge is 2.08. The lowest BCUT2D eigenvalue weighted by Crippen LogP contribution is -2.05. The Morgan fingerprint density at radius 3 is 2.52 bits per heavy atom. The summed E-state index contributed by atoms with van der Waals surface area (Å²) < 4.78 is 16.3. The SMILES string of the molecule is CCCOc1nc(N)nc(Oc2cccc(OCC)c2)n1. The molecule has 1 aromatic carbocycles. The number of hydrogen-bond donors (Lipinski definition) is 1. The van der Waals surface area contributed by atoms with Crippen LogP contribution in [0.5, 0.6) is 23.5 Å². The van der Waals surface area contributed by atoms with Crippen molar-refractivity contribution in [3.05, 3.63) is 24.3 Å². The van der Waals surface area contributed by atoms with Gasteiger partial charge in [-0.1, -0.05) is 13.0 Å². The molecule has 2 N–H and O–H groups in total. The zero-order valence-electron chi connectivity index (χ0n) is 12.1. The van der Waals surface area contributed by atoms with Crippen LogP contribution in [0.1, 0.15) is 20.3 Å². The summed E-state index contributed by atoms with van der Waals surface area (Å²) in [5, 5.41) is 0. The van der Waals surface area contributed by atoms with Crippen LogP contribution in [-0.4, -0.2) is 28.2 Å². The third kappa shape index (κ3) is 4.48. The first-order valence-corrected chi connectivity index (χ1v) is 6.76. The van der Waals surface area contributed by atoms with Crippen molar-refractivity contribution >= 4 is 5.95 Å². The van der Waals surface area contributed by atoms with Gasteiger partial charge in [0.05, 0.1) is 13.2 Å². The van der Waals surface area contributed by atoms with Crippen molar-refractivity contribution in [3.8, 4) is 23.5 Å². The van der Waals surface area contributed by atoms with Gasteiger partial charge in [-0.3, -0.25) is 0 Å². The lowest BCUT2D eigenvalue weighted by molar-refractivity contribution is 0.285. The van der Waals surface area contributed by atoms with E-state index in [2.05, 4.69) is 15.0 Å². The molecule has 0 aliphatic rings. The second kappa shape index (κ2) is 7.28. The van der Waals surface area contributed by atoms with E-state index < -0.39 is 0 Å². The Balaban J connectivity index is 2.14. The topological polar surface area (TPSA) is 92.4 Å². The Labute approximate surface area is 123 Å². The van der Waals surface area contributed by atoms with Gasteiger partial charge in [-0.05, 0) is 25.5 Å². The van der Waals surface area contributed by atoms with Crippen LogP contribution in [0.25, 0.3) is 0 Å². The Hall–Kier alpha value is -2.57. The highest BCUT2D eigenvalue weighted by molar-refractivity contribution is 5.35. The Morgan fingerprint density at radius 2 is 1.76 bits per heavy atom. The van der Waals surface area contributed by atoms with Gasteiger partial charge in [-0.15, -0.1) is 4.98 Å². The van der Waals surface area contributed by atoms with Crippen molar-refractivity contribution < 1.29 is 14.2 Å². The predicted octanol–water partition coefficient (Wildman–Crippen LogP) is 2.43. The maximum absolute atomic E-state index is 5.62. The zero-order chi connectivity index (χ0) is 15.1. The van der Waals surface area contributed by atoms with Crippen LogP contribution in [0, 0.1) is 0 Å². The van der Waals surface area contributed by atoms with Crippen molar-refractivity contribution in [2.75, 3.05) is 18.9 Å². The number of aromatic nitrogens is 3. The molecule has 21 heavy (non-hydrogen) atoms. The van der Waals surface area contributed by atoms with Gasteiger partial charge in [0.25, 0.3) is 0 Å². The standard InChI is InChI=1S/C14H18N4O3/c1-3-8-20-13-16-12(15)17-14(18-13)21-11-7-5-6-10(9-11)19-4-2/h5-7,9H,3-4,8H2,1-2H3,(H2,15,16,17,18). The fourth-order valence-corrected chi connectivity index (χ4v) is 1.56. The molecule has 0 bridgehead atoms. The summed E-state index contributed by atoms with van der Waals surface area (Å²) in [7, 11) is 0. The van der Waals surface area contributed by atoms with E-state index in [0.29, 0.717) is 24.7 Å². The second-order valence-electron chi connectivity index (χ2n) is 4.12. The first-order valence-electron chi connectivity index (χ1n) is 6.76. The summed E-state index contributed by atoms with van der Waals surface area (Å²) in [6.45, 7) is 4.98. The molecule has 0 saturated heterocycles. The number of hydrogen-bond acceptors (Lipinski definition) is 7. The lowest BCUT2D eigenvalue weighted by atomic mass is 10.3. The molecule has 0 amide bonds. The largest absolute Gasteiger partial charge is 0.494 e. The van der Waals surface area contributed by atoms with E-state index in [-0.39, 0.29) is 18.0 Å². The summed E-state index contributed by atoms with van der Waals surface area (Å²) >= 11 is 0. The maximum Gasteiger partial charge on any atom is 0.330 e. The molecule has 112 valence electrons. The van der Waals surface area contributed by atoms with E-state index in [4.69, 9.17) is 19.9 Å². The normalized spacial score (nSPS) is 10.2. The van der Waals surface area contributed by atoms with Crippen LogP contribution in [0.2, 0.25) is 0 Å². The molecule has 7 heteroatoms. The molecule has 0 radical (unpaired) electrons. The summed E-state index contributed by atoms with van der Waals surface area (Å²) in [6, 6.07) is 7.42. The first-order chi connectivity index (χ1) is 10.2. The minimum absolute atomic E-state index is 0.0482. The number of ether oxygens (including phenoxy) is 3. The molecule has 0 aliphatic carbocycles. The van der Waals surface area contributed by atoms with Crippen LogP contribution in [0.4, 0.5) is 5.95 Å². The highest BCUT2D eigenvalue weighted by atomic mass is 16.5. The highest BCUT2D eigenvalue weighted by Crippen LogP contribution is 2.24. The van der Waals surface area contributed by atoms with Crippen molar-refractivity contribution in [3.63, 3.8) is 0 Å². The molecule has 2 aromatic rings. The number of nitrogen functional groups attached to an aromatic ring is 1. The van der Waals surface area contributed by atoms with Crippen LogP contribution < -0.4 is 19.9 Å². The third-order valence-corrected chi connectivity index (χ3v) is 2.37. The van der Waals surface area contributed by atoms with Gasteiger partial charge in [0, 0.05) is 6.07 Å². The van der Waals surface area contributed by atoms with Gasteiger partial charge in [0.1, 0.15) is 11.5 Å². The number of benzene rings is 1. The van der Waals surface area contributed by atoms with Crippen molar-refractivity contribution in [2.24, 2.45) is 0 Å². The van der Waals surface area contributed by atoms with Gasteiger partial charge in [-0.2, -0.15) is 9.97 Å². The van der Waals surface area contributed by atoms with E-state index in [1.54, 1.807) is 12.1 Å². The van der Waals surface area contributed by atoms with E-state index in [0.717, 1.165) is 6.42 Å². The summed E-state index contributed by atoms with van der Waals surface area (Å²) in [6.07, 6.45) is 0.845. The fraction of sp³-hybridized carbons (Fsp3) is 0.357. The average Bonchev–Trinajstić information content (AvgIpc) is 2.45. The van der Waals surface area contributed by atoms with E-state index in [1.165, 1.54) is 0 Å². The molecule has 0 aliphatic heterocycles. The van der Waals surface area contributed by atoms with Crippen molar-refractivity contribution in [2.45, 2.75) is 20.3 Å². The Kier molecular flexibility index (Phi) is 5.14. The molecule has 1 aromatic heterocycles. The number of nitrogens with two attached hydrogens (primary N) is 1. The molecule has 0 saturated carbocycles. The average molecular weight is 290 g/mol. The molecule has 2 rings (SSSR count). The smallest absolute Gasteiger partial charge is 0.330 e. The van der Waals surface area contributed by atoms with Gasteiger partial charge in [0.15, 0.2) is 0 Å². The Bertz CT molecular complexity index is 592. The number of anilines is 1. The second-order valence-corrected chi connectivity index (χ2v) is 4.12. The molecule has 7 nitrogen and oxygen atoms in total. The molecular weight excluding hydrogens is 272 g/mol. The minimum atomic E-state index is 0.0482. The van der Waals surface area contributed by atoms with Crippen LogP contribution >= 0.6 is 0 Å². The molecule has 0 spiro atoms. The maximum atomic E-state index is 5.62. The fourth-order valence-electron chi connectivity index (χ4n) is 1.56.